The second-order valence-corrected chi connectivity index (χ2v) is 7.04. The summed E-state index contributed by atoms with van der Waals surface area (Å²) < 4.78 is 0. The molecule has 0 radical (unpaired) electrons. The summed E-state index contributed by atoms with van der Waals surface area (Å²) in [6.45, 7) is 10.4. The van der Waals surface area contributed by atoms with Crippen molar-refractivity contribution in [2.24, 2.45) is 0 Å². The lowest BCUT2D eigenvalue weighted by Crippen LogP contribution is -2.61. The van der Waals surface area contributed by atoms with Crippen LogP contribution in [0.4, 0.5) is 4.79 Å². The standard InChI is InChI=1S/C18H28N4O3/c1-12(2)19-18(24)22-13(3)9-21(10-14(22)4)11-15-5-7-16(8-6-15)17(23)20-25/h5-8,12-14,25H,9-11H2,1-4H3,(H,19,24)(H,20,23)/t13-,14+. The van der Waals surface area contributed by atoms with Crippen molar-refractivity contribution in [1.29, 1.82) is 0 Å². The summed E-state index contributed by atoms with van der Waals surface area (Å²) in [7, 11) is 0. The van der Waals surface area contributed by atoms with Crippen LogP contribution in [0.3, 0.4) is 0 Å². The van der Waals surface area contributed by atoms with Gasteiger partial charge in [0.2, 0.25) is 0 Å². The van der Waals surface area contributed by atoms with Crippen molar-refractivity contribution in [2.75, 3.05) is 13.1 Å². The summed E-state index contributed by atoms with van der Waals surface area (Å²) in [6.07, 6.45) is 0. The summed E-state index contributed by atoms with van der Waals surface area (Å²) in [6, 6.07) is 7.54. The highest BCUT2D eigenvalue weighted by Crippen LogP contribution is 2.18. The van der Waals surface area contributed by atoms with Crippen LogP contribution in [-0.2, 0) is 6.54 Å². The van der Waals surface area contributed by atoms with Crippen LogP contribution in [0.1, 0.15) is 43.6 Å². The fourth-order valence-corrected chi connectivity index (χ4v) is 3.37. The van der Waals surface area contributed by atoms with Crippen molar-refractivity contribution >= 4 is 11.9 Å². The average molecular weight is 348 g/mol. The first-order valence-electron chi connectivity index (χ1n) is 8.66. The lowest BCUT2D eigenvalue weighted by atomic mass is 10.1. The molecule has 0 aromatic heterocycles. The Hall–Kier alpha value is -2.12. The Morgan fingerprint density at radius 3 is 2.20 bits per heavy atom. The van der Waals surface area contributed by atoms with Crippen LogP contribution in [-0.4, -0.2) is 58.2 Å². The highest BCUT2D eigenvalue weighted by Gasteiger charge is 2.32. The lowest BCUT2D eigenvalue weighted by Gasteiger charge is -2.44. The third-order valence-electron chi connectivity index (χ3n) is 4.37. The molecular formula is C18H28N4O3. The van der Waals surface area contributed by atoms with E-state index in [1.54, 1.807) is 17.6 Å². The molecule has 7 heteroatoms. The van der Waals surface area contributed by atoms with Gasteiger partial charge in [0.15, 0.2) is 0 Å². The molecule has 1 heterocycles. The minimum absolute atomic E-state index is 0.00554. The van der Waals surface area contributed by atoms with Gasteiger partial charge in [-0.3, -0.25) is 14.9 Å². The smallest absolute Gasteiger partial charge is 0.318 e. The number of rotatable bonds is 4. The van der Waals surface area contributed by atoms with Crippen LogP contribution in [0, 0.1) is 0 Å². The first-order valence-corrected chi connectivity index (χ1v) is 8.66. The van der Waals surface area contributed by atoms with E-state index < -0.39 is 5.91 Å². The van der Waals surface area contributed by atoms with E-state index in [1.807, 2.05) is 30.9 Å². The van der Waals surface area contributed by atoms with Crippen LogP contribution in [0.5, 0.6) is 0 Å². The zero-order valence-electron chi connectivity index (χ0n) is 15.3. The van der Waals surface area contributed by atoms with E-state index in [-0.39, 0.29) is 24.2 Å². The van der Waals surface area contributed by atoms with E-state index in [0.717, 1.165) is 25.2 Å². The van der Waals surface area contributed by atoms with Crippen molar-refractivity contribution < 1.29 is 14.8 Å². The largest absolute Gasteiger partial charge is 0.336 e. The molecule has 1 aromatic rings. The second kappa shape index (κ2) is 8.31. The van der Waals surface area contributed by atoms with Crippen molar-refractivity contribution in [3.05, 3.63) is 35.4 Å². The van der Waals surface area contributed by atoms with Crippen molar-refractivity contribution in [3.8, 4) is 0 Å². The van der Waals surface area contributed by atoms with Crippen LogP contribution in [0.15, 0.2) is 24.3 Å². The maximum atomic E-state index is 12.4. The van der Waals surface area contributed by atoms with E-state index >= 15 is 0 Å². The summed E-state index contributed by atoms with van der Waals surface area (Å²) >= 11 is 0. The number of nitrogens with one attached hydrogen (secondary N) is 2. The number of amides is 3. The average Bonchev–Trinajstić information content (AvgIpc) is 2.53. The zero-order chi connectivity index (χ0) is 18.6. The van der Waals surface area contributed by atoms with Gasteiger partial charge >= 0.3 is 6.03 Å². The van der Waals surface area contributed by atoms with Crippen molar-refractivity contribution in [1.82, 2.24) is 20.6 Å². The van der Waals surface area contributed by atoms with Crippen molar-refractivity contribution in [2.45, 2.75) is 52.4 Å². The molecule has 25 heavy (non-hydrogen) atoms. The zero-order valence-corrected chi connectivity index (χ0v) is 15.3. The highest BCUT2D eigenvalue weighted by atomic mass is 16.5. The van der Waals surface area contributed by atoms with Gasteiger partial charge in [-0.25, -0.2) is 10.3 Å². The van der Waals surface area contributed by atoms with Crippen LogP contribution < -0.4 is 10.8 Å². The molecule has 7 nitrogen and oxygen atoms in total. The SMILES string of the molecule is CC(C)NC(=O)N1[C@H](C)CN(Cc2ccc(C(=O)NO)cc2)C[C@@H]1C. The van der Waals surface area contributed by atoms with Gasteiger partial charge in [0.1, 0.15) is 0 Å². The molecule has 3 amide bonds. The normalized spacial score (nSPS) is 21.3. The first-order chi connectivity index (χ1) is 11.8. The maximum absolute atomic E-state index is 12.4. The van der Waals surface area contributed by atoms with E-state index in [9.17, 15) is 9.59 Å². The summed E-state index contributed by atoms with van der Waals surface area (Å²) in [5.41, 5.74) is 3.14. The molecule has 0 spiro atoms. The Morgan fingerprint density at radius 1 is 1.16 bits per heavy atom. The topological polar surface area (TPSA) is 84.9 Å². The molecular weight excluding hydrogens is 320 g/mol. The van der Waals surface area contributed by atoms with Gasteiger partial charge in [0.25, 0.3) is 5.91 Å². The minimum Gasteiger partial charge on any atom is -0.336 e. The van der Waals surface area contributed by atoms with Crippen LogP contribution in [0.25, 0.3) is 0 Å². The van der Waals surface area contributed by atoms with Gasteiger partial charge in [-0.15, -0.1) is 0 Å². The second-order valence-electron chi connectivity index (χ2n) is 7.04. The van der Waals surface area contributed by atoms with E-state index in [4.69, 9.17) is 5.21 Å². The maximum Gasteiger partial charge on any atom is 0.318 e. The molecule has 0 bridgehead atoms. The van der Waals surface area contributed by atoms with Gasteiger partial charge in [-0.2, -0.15) is 0 Å². The molecule has 1 aromatic carbocycles. The molecule has 1 aliphatic heterocycles. The van der Waals surface area contributed by atoms with Crippen molar-refractivity contribution in [3.63, 3.8) is 0 Å². The quantitative estimate of drug-likeness (QED) is 0.572. The molecule has 0 saturated carbocycles. The lowest BCUT2D eigenvalue weighted by molar-refractivity contribution is 0.0593. The fourth-order valence-electron chi connectivity index (χ4n) is 3.37. The molecule has 0 unspecified atom stereocenters. The molecule has 138 valence electrons. The predicted molar refractivity (Wildman–Crippen MR) is 95.4 cm³/mol. The molecule has 0 aliphatic carbocycles. The van der Waals surface area contributed by atoms with Gasteiger partial charge in [-0.1, -0.05) is 12.1 Å². The van der Waals surface area contributed by atoms with E-state index in [2.05, 4.69) is 24.1 Å². The predicted octanol–water partition coefficient (Wildman–Crippen LogP) is 1.82. The molecule has 1 aliphatic rings. The number of hydrogen-bond donors (Lipinski definition) is 3. The van der Waals surface area contributed by atoms with Gasteiger partial charge in [0.05, 0.1) is 0 Å². The van der Waals surface area contributed by atoms with Gasteiger partial charge in [-0.05, 0) is 45.4 Å². The molecule has 3 N–H and O–H groups in total. The third kappa shape index (κ3) is 4.93. The molecule has 1 fully saturated rings. The van der Waals surface area contributed by atoms with Crippen LogP contribution >= 0.6 is 0 Å². The Bertz CT molecular complexity index is 591. The number of hydroxylamine groups is 1. The molecule has 2 rings (SSSR count). The Labute approximate surface area is 148 Å². The number of piperazine rings is 1. The highest BCUT2D eigenvalue weighted by molar-refractivity contribution is 5.93. The third-order valence-corrected chi connectivity index (χ3v) is 4.37. The van der Waals surface area contributed by atoms with Crippen LogP contribution in [0.2, 0.25) is 0 Å². The number of urea groups is 1. The Morgan fingerprint density at radius 2 is 1.72 bits per heavy atom. The van der Waals surface area contributed by atoms with E-state index in [0.29, 0.717) is 5.56 Å². The summed E-state index contributed by atoms with van der Waals surface area (Å²) in [5.74, 6) is -0.515. The first kappa shape index (κ1) is 19.2. The number of benzene rings is 1. The number of hydrogen-bond acceptors (Lipinski definition) is 4. The Kier molecular flexibility index (Phi) is 6.39. The Balaban J connectivity index is 1.97. The summed E-state index contributed by atoms with van der Waals surface area (Å²) in [4.78, 5) is 28.0. The number of carbonyl (C=O) groups is 2. The summed E-state index contributed by atoms with van der Waals surface area (Å²) in [5, 5.41) is 11.6. The van der Waals surface area contributed by atoms with E-state index in [1.165, 1.54) is 0 Å². The van der Waals surface area contributed by atoms with Gasteiger partial charge in [0, 0.05) is 43.3 Å². The minimum atomic E-state index is -0.515. The van der Waals surface area contributed by atoms with Gasteiger partial charge < -0.3 is 10.2 Å². The molecule has 2 atom stereocenters. The fraction of sp³-hybridized carbons (Fsp3) is 0.556. The monoisotopic (exact) mass is 348 g/mol. The number of nitrogens with zero attached hydrogens (tertiary/aromatic N) is 2. The number of carbonyl (C=O) groups excluding carboxylic acids is 2. The molecule has 1 saturated heterocycles.